The van der Waals surface area contributed by atoms with Crippen LogP contribution in [0.4, 0.5) is 4.79 Å². The van der Waals surface area contributed by atoms with Crippen LogP contribution in [-0.2, 0) is 16.8 Å². The number of urea groups is 1. The molecule has 1 heterocycles. The molecule has 3 rings (SSSR count). The minimum Gasteiger partial charge on any atom is -0.350 e. The van der Waals surface area contributed by atoms with Gasteiger partial charge < -0.3 is 15.5 Å². The Kier molecular flexibility index (Phi) is 8.95. The average Bonchev–Trinajstić information content (AvgIpc) is 3.33. The van der Waals surface area contributed by atoms with Gasteiger partial charge in [-0.25, -0.2) is 4.79 Å². The molecule has 1 saturated heterocycles. The number of amides is 3. The van der Waals surface area contributed by atoms with E-state index in [-0.39, 0.29) is 17.9 Å². The largest absolute Gasteiger partial charge is 0.350 e. The molecule has 0 aliphatic carbocycles. The number of nitriles is 1. The zero-order valence-electron chi connectivity index (χ0n) is 19.9. The number of nitrogens with zero attached hydrogens (tertiary/aromatic N) is 2. The van der Waals surface area contributed by atoms with Gasteiger partial charge in [0.2, 0.25) is 5.91 Å². The van der Waals surface area contributed by atoms with Crippen LogP contribution in [0.25, 0.3) is 0 Å². The summed E-state index contributed by atoms with van der Waals surface area (Å²) in [6.45, 7) is 5.50. The fourth-order valence-electron chi connectivity index (χ4n) is 4.65. The Balaban J connectivity index is 1.51. The van der Waals surface area contributed by atoms with E-state index < -0.39 is 11.5 Å². The predicted octanol–water partition coefficient (Wildman–Crippen LogP) is 5.03. The van der Waals surface area contributed by atoms with Crippen LogP contribution in [0.15, 0.2) is 54.6 Å². The van der Waals surface area contributed by atoms with E-state index >= 15 is 0 Å². The molecule has 6 nitrogen and oxygen atoms in total. The van der Waals surface area contributed by atoms with Crippen molar-refractivity contribution in [3.8, 4) is 6.07 Å². The van der Waals surface area contributed by atoms with Gasteiger partial charge in [-0.3, -0.25) is 4.79 Å². The molecule has 0 bridgehead atoms. The fourth-order valence-corrected chi connectivity index (χ4v) is 4.86. The second kappa shape index (κ2) is 11.9. The summed E-state index contributed by atoms with van der Waals surface area (Å²) < 4.78 is 0. The molecule has 1 aliphatic heterocycles. The van der Waals surface area contributed by atoms with Crippen molar-refractivity contribution in [2.24, 2.45) is 5.92 Å². The zero-order valence-corrected chi connectivity index (χ0v) is 20.6. The Labute approximate surface area is 207 Å². The number of benzene rings is 2. The van der Waals surface area contributed by atoms with E-state index in [1.807, 2.05) is 48.5 Å². The molecular weight excluding hydrogens is 448 g/mol. The topological polar surface area (TPSA) is 85.2 Å². The van der Waals surface area contributed by atoms with Gasteiger partial charge in [0.15, 0.2) is 0 Å². The van der Waals surface area contributed by atoms with Crippen LogP contribution >= 0.6 is 11.6 Å². The van der Waals surface area contributed by atoms with Crippen molar-refractivity contribution in [2.45, 2.75) is 57.5 Å². The third-order valence-electron chi connectivity index (χ3n) is 6.67. The fraction of sp³-hybridized carbons (Fsp3) is 0.444. The van der Waals surface area contributed by atoms with Crippen molar-refractivity contribution in [3.63, 3.8) is 0 Å². The molecule has 180 valence electrons. The number of carbonyl (C=O) groups is 2. The summed E-state index contributed by atoms with van der Waals surface area (Å²) in [6.07, 6.45) is 2.76. The van der Waals surface area contributed by atoms with E-state index in [4.69, 9.17) is 11.6 Å². The normalized spacial score (nSPS) is 17.1. The van der Waals surface area contributed by atoms with E-state index in [0.29, 0.717) is 43.9 Å². The van der Waals surface area contributed by atoms with E-state index in [0.717, 1.165) is 17.5 Å². The lowest BCUT2D eigenvalue weighted by Gasteiger charge is -2.31. The standard InChI is InChI=1S/C27H33ClN4O2/c1-20(2)27(19-29,22-10-4-3-5-11-22)14-8-15-30-26(34)32-16-7-13-24(32)25(33)31-18-21-9-6-12-23(28)17-21/h3-6,9-12,17,20,24H,7-8,13-16,18H2,1-2H3,(H,30,34)(H,31,33)/t24-,27?/m0/s1. The highest BCUT2D eigenvalue weighted by Gasteiger charge is 2.36. The number of likely N-dealkylation sites (tertiary alicyclic amines) is 1. The molecule has 2 atom stereocenters. The Hall–Kier alpha value is -3.04. The average molecular weight is 481 g/mol. The number of nitrogens with one attached hydrogen (secondary N) is 2. The van der Waals surface area contributed by atoms with Gasteiger partial charge in [0, 0.05) is 24.7 Å². The highest BCUT2D eigenvalue weighted by atomic mass is 35.5. The van der Waals surface area contributed by atoms with E-state index in [1.54, 1.807) is 11.0 Å². The van der Waals surface area contributed by atoms with Crippen molar-refractivity contribution in [1.29, 1.82) is 5.26 Å². The smallest absolute Gasteiger partial charge is 0.318 e. The third-order valence-corrected chi connectivity index (χ3v) is 6.91. The molecule has 3 amide bonds. The minimum absolute atomic E-state index is 0.141. The maximum Gasteiger partial charge on any atom is 0.318 e. The van der Waals surface area contributed by atoms with E-state index in [9.17, 15) is 14.9 Å². The number of hydrogen-bond acceptors (Lipinski definition) is 3. The Morgan fingerprint density at radius 2 is 1.94 bits per heavy atom. The lowest BCUT2D eigenvalue weighted by molar-refractivity contribution is -0.124. The van der Waals surface area contributed by atoms with Gasteiger partial charge in [-0.05, 0) is 54.9 Å². The molecule has 0 spiro atoms. The molecule has 0 radical (unpaired) electrons. The predicted molar refractivity (Wildman–Crippen MR) is 134 cm³/mol. The van der Waals surface area contributed by atoms with E-state index in [1.165, 1.54) is 0 Å². The first kappa shape index (κ1) is 25.6. The monoisotopic (exact) mass is 480 g/mol. The first-order valence-electron chi connectivity index (χ1n) is 11.9. The summed E-state index contributed by atoms with van der Waals surface area (Å²) in [7, 11) is 0. The van der Waals surface area contributed by atoms with Gasteiger partial charge in [0.05, 0.1) is 11.5 Å². The van der Waals surface area contributed by atoms with Crippen LogP contribution in [-0.4, -0.2) is 36.0 Å². The van der Waals surface area contributed by atoms with Crippen LogP contribution in [0.1, 0.15) is 50.7 Å². The van der Waals surface area contributed by atoms with Gasteiger partial charge in [-0.1, -0.05) is 67.9 Å². The quantitative estimate of drug-likeness (QED) is 0.493. The molecule has 34 heavy (non-hydrogen) atoms. The molecule has 2 N–H and O–H groups in total. The SMILES string of the molecule is CC(C)C(C#N)(CCCNC(=O)N1CCC[C@H]1C(=O)NCc1cccc(Cl)c1)c1ccccc1. The Morgan fingerprint density at radius 1 is 1.18 bits per heavy atom. The zero-order chi connectivity index (χ0) is 24.6. The second-order valence-corrected chi connectivity index (χ2v) is 9.57. The van der Waals surface area contributed by atoms with Crippen LogP contribution in [0, 0.1) is 17.2 Å². The first-order chi connectivity index (χ1) is 16.4. The van der Waals surface area contributed by atoms with Crippen molar-refractivity contribution >= 4 is 23.5 Å². The van der Waals surface area contributed by atoms with Gasteiger partial charge in [0.25, 0.3) is 0 Å². The second-order valence-electron chi connectivity index (χ2n) is 9.14. The van der Waals surface area contributed by atoms with Gasteiger partial charge in [-0.2, -0.15) is 5.26 Å². The minimum atomic E-state index is -0.595. The van der Waals surface area contributed by atoms with Crippen molar-refractivity contribution in [3.05, 3.63) is 70.7 Å². The molecule has 1 aliphatic rings. The van der Waals surface area contributed by atoms with Crippen molar-refractivity contribution in [2.75, 3.05) is 13.1 Å². The van der Waals surface area contributed by atoms with Crippen LogP contribution in [0.2, 0.25) is 5.02 Å². The highest BCUT2D eigenvalue weighted by Crippen LogP contribution is 2.36. The molecule has 1 fully saturated rings. The third kappa shape index (κ3) is 6.09. The highest BCUT2D eigenvalue weighted by molar-refractivity contribution is 6.30. The summed E-state index contributed by atoms with van der Waals surface area (Å²) in [4.78, 5) is 27.2. The number of carbonyl (C=O) groups excluding carboxylic acids is 2. The lowest BCUT2D eigenvalue weighted by atomic mass is 9.70. The van der Waals surface area contributed by atoms with Gasteiger partial charge >= 0.3 is 6.03 Å². The number of rotatable bonds is 9. The van der Waals surface area contributed by atoms with Crippen LogP contribution in [0.3, 0.4) is 0 Å². The molecular formula is C27H33ClN4O2. The molecule has 2 aromatic rings. The Bertz CT molecular complexity index is 1020. The summed E-state index contributed by atoms with van der Waals surface area (Å²) >= 11 is 6.01. The van der Waals surface area contributed by atoms with Crippen molar-refractivity contribution < 1.29 is 9.59 Å². The van der Waals surface area contributed by atoms with E-state index in [2.05, 4.69) is 30.6 Å². The summed E-state index contributed by atoms with van der Waals surface area (Å²) in [5, 5.41) is 16.5. The molecule has 2 aromatic carbocycles. The number of hydrogen-bond donors (Lipinski definition) is 2. The molecule has 7 heteroatoms. The molecule has 1 unspecified atom stereocenters. The Morgan fingerprint density at radius 3 is 2.62 bits per heavy atom. The molecule has 0 saturated carbocycles. The maximum atomic E-state index is 12.8. The summed E-state index contributed by atoms with van der Waals surface area (Å²) in [5.74, 6) is -0.0123. The summed E-state index contributed by atoms with van der Waals surface area (Å²) in [6, 6.07) is 19.0. The van der Waals surface area contributed by atoms with Gasteiger partial charge in [-0.15, -0.1) is 0 Å². The van der Waals surface area contributed by atoms with Gasteiger partial charge in [0.1, 0.15) is 6.04 Å². The molecule has 0 aromatic heterocycles. The van der Waals surface area contributed by atoms with Crippen LogP contribution < -0.4 is 10.6 Å². The lowest BCUT2D eigenvalue weighted by Crippen LogP contribution is -2.49. The summed E-state index contributed by atoms with van der Waals surface area (Å²) in [5.41, 5.74) is 1.33. The first-order valence-corrected chi connectivity index (χ1v) is 12.3. The maximum absolute atomic E-state index is 12.8. The van der Waals surface area contributed by atoms with Crippen molar-refractivity contribution in [1.82, 2.24) is 15.5 Å². The number of halogens is 1. The van der Waals surface area contributed by atoms with Crippen LogP contribution in [0.5, 0.6) is 0 Å².